The van der Waals surface area contributed by atoms with Crippen LogP contribution in [-0.4, -0.2) is 47.6 Å². The van der Waals surface area contributed by atoms with E-state index in [9.17, 15) is 0 Å². The third-order valence-electron chi connectivity index (χ3n) is 4.98. The lowest BCUT2D eigenvalue weighted by molar-refractivity contribution is -0.0130. The fourth-order valence-electron chi connectivity index (χ4n) is 4.00. The predicted octanol–water partition coefficient (Wildman–Crippen LogP) is 2.70. The van der Waals surface area contributed by atoms with Crippen LogP contribution < -0.4 is 5.73 Å². The van der Waals surface area contributed by atoms with Gasteiger partial charge in [0.05, 0.1) is 6.04 Å². The highest BCUT2D eigenvalue weighted by Crippen LogP contribution is 2.33. The monoisotopic (exact) mass is 293 g/mol. The van der Waals surface area contributed by atoms with Gasteiger partial charge in [0.15, 0.2) is 0 Å². The minimum atomic E-state index is 0.183. The maximum Gasteiger partial charge on any atom is 0.0508 e. The fourth-order valence-corrected chi connectivity index (χ4v) is 4.69. The standard InChI is InChI=1S/C16H27N3S/c1-12-9-18-7-4-3-5-15(18)10-19(12)16(13(2)17)14-6-8-20-11-14/h6,8,11-13,15-16H,3-5,7,9-10,17H2,1-2H3. The van der Waals surface area contributed by atoms with Crippen LogP contribution in [0.3, 0.4) is 0 Å². The Bertz CT molecular complexity index is 417. The largest absolute Gasteiger partial charge is 0.326 e. The maximum atomic E-state index is 6.34. The van der Waals surface area contributed by atoms with Crippen molar-refractivity contribution in [3.05, 3.63) is 22.4 Å². The van der Waals surface area contributed by atoms with Crippen LogP contribution in [-0.2, 0) is 0 Å². The summed E-state index contributed by atoms with van der Waals surface area (Å²) in [7, 11) is 0. The Morgan fingerprint density at radius 3 is 2.90 bits per heavy atom. The van der Waals surface area contributed by atoms with E-state index in [1.165, 1.54) is 44.5 Å². The molecule has 2 saturated heterocycles. The van der Waals surface area contributed by atoms with Crippen LogP contribution >= 0.6 is 11.3 Å². The normalized spacial score (nSPS) is 31.8. The Kier molecular flexibility index (Phi) is 4.46. The number of thiophene rings is 1. The van der Waals surface area contributed by atoms with E-state index in [1.807, 2.05) is 0 Å². The van der Waals surface area contributed by atoms with E-state index in [0.717, 1.165) is 6.04 Å². The Hall–Kier alpha value is -0.420. The van der Waals surface area contributed by atoms with Crippen molar-refractivity contribution in [2.24, 2.45) is 5.73 Å². The lowest BCUT2D eigenvalue weighted by Gasteiger charge is -2.50. The van der Waals surface area contributed by atoms with Gasteiger partial charge in [0.25, 0.3) is 0 Å². The van der Waals surface area contributed by atoms with Crippen molar-refractivity contribution < 1.29 is 0 Å². The molecule has 0 bridgehead atoms. The number of nitrogens with two attached hydrogens (primary N) is 1. The van der Waals surface area contributed by atoms with Gasteiger partial charge in [-0.25, -0.2) is 0 Å². The molecule has 3 nitrogen and oxygen atoms in total. The maximum absolute atomic E-state index is 6.34. The second kappa shape index (κ2) is 6.14. The average molecular weight is 293 g/mol. The Morgan fingerprint density at radius 2 is 2.20 bits per heavy atom. The van der Waals surface area contributed by atoms with Crippen LogP contribution in [0.2, 0.25) is 0 Å². The number of nitrogens with zero attached hydrogens (tertiary/aromatic N) is 2. The first-order valence-electron chi connectivity index (χ1n) is 7.94. The van der Waals surface area contributed by atoms with Crippen molar-refractivity contribution >= 4 is 11.3 Å². The first-order chi connectivity index (χ1) is 9.66. The number of piperidine rings is 1. The number of hydrogen-bond donors (Lipinski definition) is 1. The van der Waals surface area contributed by atoms with Crippen molar-refractivity contribution in [2.45, 2.75) is 57.3 Å². The Labute approximate surface area is 126 Å². The van der Waals surface area contributed by atoms with Crippen LogP contribution in [0.15, 0.2) is 16.8 Å². The highest BCUT2D eigenvalue weighted by molar-refractivity contribution is 7.07. The van der Waals surface area contributed by atoms with E-state index in [2.05, 4.69) is 40.5 Å². The van der Waals surface area contributed by atoms with Crippen LogP contribution in [0.5, 0.6) is 0 Å². The molecule has 112 valence electrons. The molecule has 1 aromatic heterocycles. The van der Waals surface area contributed by atoms with E-state index in [4.69, 9.17) is 5.73 Å². The van der Waals surface area contributed by atoms with Crippen molar-refractivity contribution in [3.8, 4) is 0 Å². The molecule has 2 N–H and O–H groups in total. The fraction of sp³-hybridized carbons (Fsp3) is 0.750. The molecular weight excluding hydrogens is 266 g/mol. The van der Waals surface area contributed by atoms with Gasteiger partial charge in [-0.15, -0.1) is 0 Å². The van der Waals surface area contributed by atoms with Crippen molar-refractivity contribution in [2.75, 3.05) is 19.6 Å². The molecule has 2 aliphatic heterocycles. The van der Waals surface area contributed by atoms with Crippen LogP contribution in [0, 0.1) is 0 Å². The van der Waals surface area contributed by atoms with Crippen LogP contribution in [0.25, 0.3) is 0 Å². The zero-order chi connectivity index (χ0) is 14.1. The smallest absolute Gasteiger partial charge is 0.0508 e. The number of hydrogen-bond acceptors (Lipinski definition) is 4. The van der Waals surface area contributed by atoms with Gasteiger partial charge >= 0.3 is 0 Å². The van der Waals surface area contributed by atoms with Crippen molar-refractivity contribution in [1.82, 2.24) is 9.80 Å². The Morgan fingerprint density at radius 1 is 1.35 bits per heavy atom. The van der Waals surface area contributed by atoms with Gasteiger partial charge in [-0.2, -0.15) is 11.3 Å². The molecule has 3 rings (SSSR count). The van der Waals surface area contributed by atoms with E-state index >= 15 is 0 Å². The van der Waals surface area contributed by atoms with E-state index in [0.29, 0.717) is 12.1 Å². The van der Waals surface area contributed by atoms with Gasteiger partial charge in [0.2, 0.25) is 0 Å². The summed E-state index contributed by atoms with van der Waals surface area (Å²) < 4.78 is 0. The van der Waals surface area contributed by atoms with Gasteiger partial charge in [-0.1, -0.05) is 6.42 Å². The summed E-state index contributed by atoms with van der Waals surface area (Å²) in [6, 6.07) is 4.15. The molecule has 0 aromatic carbocycles. The van der Waals surface area contributed by atoms with Crippen molar-refractivity contribution in [1.29, 1.82) is 0 Å². The molecule has 0 aliphatic carbocycles. The van der Waals surface area contributed by atoms with E-state index in [-0.39, 0.29) is 6.04 Å². The summed E-state index contributed by atoms with van der Waals surface area (Å²) in [4.78, 5) is 5.37. The summed E-state index contributed by atoms with van der Waals surface area (Å²) in [5.74, 6) is 0. The van der Waals surface area contributed by atoms with Gasteiger partial charge in [-0.3, -0.25) is 9.80 Å². The average Bonchev–Trinajstić information content (AvgIpc) is 2.93. The third-order valence-corrected chi connectivity index (χ3v) is 5.68. The minimum Gasteiger partial charge on any atom is -0.326 e. The summed E-state index contributed by atoms with van der Waals surface area (Å²) >= 11 is 1.78. The second-order valence-electron chi connectivity index (χ2n) is 6.55. The highest BCUT2D eigenvalue weighted by Gasteiger charge is 2.37. The second-order valence-corrected chi connectivity index (χ2v) is 7.33. The topological polar surface area (TPSA) is 32.5 Å². The lowest BCUT2D eigenvalue weighted by atomic mass is 9.93. The zero-order valence-corrected chi connectivity index (χ0v) is 13.5. The third kappa shape index (κ3) is 2.80. The van der Waals surface area contributed by atoms with Gasteiger partial charge in [0.1, 0.15) is 0 Å². The van der Waals surface area contributed by atoms with Gasteiger partial charge in [0, 0.05) is 31.2 Å². The molecule has 20 heavy (non-hydrogen) atoms. The molecule has 2 aliphatic rings. The van der Waals surface area contributed by atoms with E-state index < -0.39 is 0 Å². The molecule has 4 unspecified atom stereocenters. The molecule has 1 aromatic rings. The molecule has 4 heteroatoms. The highest BCUT2D eigenvalue weighted by atomic mass is 32.1. The predicted molar refractivity (Wildman–Crippen MR) is 86.1 cm³/mol. The minimum absolute atomic E-state index is 0.183. The summed E-state index contributed by atoms with van der Waals surface area (Å²) in [6.07, 6.45) is 4.13. The molecule has 3 heterocycles. The van der Waals surface area contributed by atoms with Gasteiger partial charge in [-0.05, 0) is 55.6 Å². The van der Waals surface area contributed by atoms with Crippen molar-refractivity contribution in [3.63, 3.8) is 0 Å². The lowest BCUT2D eigenvalue weighted by Crippen LogP contribution is -2.60. The molecule has 0 radical (unpaired) electrons. The molecule has 4 atom stereocenters. The molecule has 0 amide bonds. The first kappa shape index (κ1) is 14.5. The molecule has 0 saturated carbocycles. The van der Waals surface area contributed by atoms with Crippen LogP contribution in [0.4, 0.5) is 0 Å². The summed E-state index contributed by atoms with van der Waals surface area (Å²) in [6.45, 7) is 8.21. The summed E-state index contributed by atoms with van der Waals surface area (Å²) in [5, 5.41) is 4.44. The summed E-state index contributed by atoms with van der Waals surface area (Å²) in [5.41, 5.74) is 7.74. The Balaban J connectivity index is 1.80. The molecule has 2 fully saturated rings. The zero-order valence-electron chi connectivity index (χ0n) is 12.7. The van der Waals surface area contributed by atoms with Gasteiger partial charge < -0.3 is 5.73 Å². The number of piperazine rings is 1. The number of fused-ring (bicyclic) bond motifs is 1. The first-order valence-corrected chi connectivity index (χ1v) is 8.88. The number of rotatable bonds is 3. The van der Waals surface area contributed by atoms with E-state index in [1.54, 1.807) is 11.3 Å². The quantitative estimate of drug-likeness (QED) is 0.930. The van der Waals surface area contributed by atoms with Crippen LogP contribution in [0.1, 0.15) is 44.7 Å². The molecular formula is C16H27N3S. The SMILES string of the molecule is CC(N)C(c1ccsc1)N1CC2CCCCN2CC1C. The molecule has 0 spiro atoms.